The van der Waals surface area contributed by atoms with Crippen LogP contribution >= 0.6 is 0 Å². The lowest BCUT2D eigenvalue weighted by Crippen LogP contribution is -2.73. The van der Waals surface area contributed by atoms with Gasteiger partial charge in [-0.1, -0.05) is 6.07 Å². The molecule has 272 valence electrons. The third kappa shape index (κ3) is 4.68. The lowest BCUT2D eigenvalue weighted by molar-refractivity contribution is -0.214. The van der Waals surface area contributed by atoms with Gasteiger partial charge in [0.1, 0.15) is 23.8 Å². The second kappa shape index (κ2) is 12.3. The van der Waals surface area contributed by atoms with Crippen LogP contribution in [-0.2, 0) is 26.2 Å². The van der Waals surface area contributed by atoms with Crippen molar-refractivity contribution in [1.29, 1.82) is 0 Å². The molecule has 6 rings (SSSR count). The first kappa shape index (κ1) is 36.2. The van der Waals surface area contributed by atoms with Gasteiger partial charge in [-0.25, -0.2) is 0 Å². The molecule has 1 heterocycles. The molecular weight excluding hydrogens is 672 g/mol. The number of aliphatic hydroxyl groups is 4. The number of nitrogens with one attached hydrogen (secondary N) is 1. The van der Waals surface area contributed by atoms with E-state index in [-0.39, 0.29) is 16.7 Å². The molecule has 8 atom stereocenters. The molecule has 16 nitrogen and oxygen atoms in total. The Hall–Kier alpha value is -4.55. The van der Waals surface area contributed by atoms with Crippen molar-refractivity contribution in [2.45, 2.75) is 62.1 Å². The van der Waals surface area contributed by atoms with Crippen LogP contribution in [-0.4, -0.2) is 136 Å². The number of Topliss-reactive ketones (excluding diaryl/α,β-unsaturated/α-hetero) is 3. The fourth-order valence-electron chi connectivity index (χ4n) is 8.03. The van der Waals surface area contributed by atoms with Crippen molar-refractivity contribution in [1.82, 2.24) is 10.2 Å². The number of fused-ring (bicyclic) bond motifs is 5. The van der Waals surface area contributed by atoms with Crippen LogP contribution in [0.3, 0.4) is 0 Å². The summed E-state index contributed by atoms with van der Waals surface area (Å²) in [6.45, 7) is 2.48. The topological polar surface area (TPSA) is 250 Å². The summed E-state index contributed by atoms with van der Waals surface area (Å²) < 4.78 is 16.6. The summed E-state index contributed by atoms with van der Waals surface area (Å²) in [5.41, 5.74) is -9.86. The Morgan fingerprint density at radius 1 is 1.04 bits per heavy atom. The molecule has 4 aliphatic rings. The first-order valence-corrected chi connectivity index (χ1v) is 16.0. The number of nitrogens with zero attached hydrogens (tertiary/aromatic N) is 1. The van der Waals surface area contributed by atoms with E-state index < -0.39 is 135 Å². The number of amides is 1. The number of ketones is 4. The van der Waals surface area contributed by atoms with Gasteiger partial charge in [-0.3, -0.25) is 24.0 Å². The van der Waals surface area contributed by atoms with Crippen molar-refractivity contribution in [3.05, 3.63) is 68.4 Å². The van der Waals surface area contributed by atoms with Gasteiger partial charge in [-0.2, -0.15) is 0 Å². The molecule has 0 spiro atoms. The van der Waals surface area contributed by atoms with E-state index in [2.05, 4.69) is 5.32 Å². The van der Waals surface area contributed by atoms with Gasteiger partial charge in [0.15, 0.2) is 17.0 Å². The van der Waals surface area contributed by atoms with E-state index in [4.69, 9.17) is 14.2 Å². The van der Waals surface area contributed by atoms with E-state index in [9.17, 15) is 54.6 Å². The van der Waals surface area contributed by atoms with Crippen LogP contribution < -0.4 is 5.32 Å². The van der Waals surface area contributed by atoms with Gasteiger partial charge in [0, 0.05) is 57.5 Å². The van der Waals surface area contributed by atoms with Crippen molar-refractivity contribution in [2.24, 2.45) is 5.92 Å². The number of allylic oxidation sites excluding steroid dienone is 2. The molecule has 0 aromatic heterocycles. The number of phenolic OH excluding ortho intramolecular Hbond substituents is 2. The molecule has 2 aromatic carbocycles. The van der Waals surface area contributed by atoms with Crippen LogP contribution in [0.4, 0.5) is 0 Å². The summed E-state index contributed by atoms with van der Waals surface area (Å²) >= 11 is 0. The largest absolute Gasteiger partial charge is 0.507 e. The van der Waals surface area contributed by atoms with E-state index in [0.717, 1.165) is 24.2 Å². The Labute approximate surface area is 290 Å². The Morgan fingerprint density at radius 3 is 2.29 bits per heavy atom. The predicted molar refractivity (Wildman–Crippen MR) is 173 cm³/mol. The molecule has 7 N–H and O–H groups in total. The lowest BCUT2D eigenvalue weighted by Gasteiger charge is -2.53. The zero-order chi connectivity index (χ0) is 37.6. The number of carbonyl (C=O) groups excluding carboxylic acids is 5. The molecule has 0 radical (unpaired) electrons. The zero-order valence-corrected chi connectivity index (χ0v) is 28.5. The van der Waals surface area contributed by atoms with Gasteiger partial charge in [0.2, 0.25) is 17.3 Å². The van der Waals surface area contributed by atoms with E-state index in [1.54, 1.807) is 6.92 Å². The number of ether oxygens (including phenoxy) is 3. The minimum atomic E-state index is -3.22. The Morgan fingerprint density at radius 2 is 1.71 bits per heavy atom. The minimum Gasteiger partial charge on any atom is -0.507 e. The summed E-state index contributed by atoms with van der Waals surface area (Å²) in [6, 6.07) is 2.23. The van der Waals surface area contributed by atoms with Crippen LogP contribution in [0.2, 0.25) is 0 Å². The molecule has 3 aliphatic carbocycles. The van der Waals surface area contributed by atoms with Crippen molar-refractivity contribution in [2.75, 3.05) is 34.9 Å². The number of methoxy groups -OCH3 is 2. The maximum atomic E-state index is 14.7. The van der Waals surface area contributed by atoms with Crippen molar-refractivity contribution in [3.63, 3.8) is 0 Å². The standard InChI is InChI=1S/C35H38N2O14/c1-12-7-14-8-20(40)35(50-6)31(46)23-16(30(45)34(35,48)24(14)28(44)21(12)33(47)37(3)4)9-15-22(27(23)43)19(39)10-18(25(15)41)36-32-17(11-38)26(42)29(49-5)13(2)51-32/h7,9-10,13,17,20,26,29,32,36,38,40,42-44,48H,8,11H2,1-6H3/t13-,17+,20+,26-,29-,32-,34-,35+/m0/s1. The summed E-state index contributed by atoms with van der Waals surface area (Å²) in [4.78, 5) is 70.9. The highest BCUT2D eigenvalue weighted by molar-refractivity contribution is 6.31. The number of aryl methyl sites for hydroxylation is 1. The predicted octanol–water partition coefficient (Wildman–Crippen LogP) is -0.741. The Kier molecular flexibility index (Phi) is 8.74. The molecule has 16 heteroatoms. The Balaban J connectivity index is 1.52. The highest BCUT2D eigenvalue weighted by Crippen LogP contribution is 2.56. The molecule has 1 aliphatic heterocycles. The molecule has 1 amide bonds. The van der Waals surface area contributed by atoms with Crippen LogP contribution in [0.1, 0.15) is 75.4 Å². The van der Waals surface area contributed by atoms with Crippen molar-refractivity contribution < 1.29 is 68.8 Å². The summed E-state index contributed by atoms with van der Waals surface area (Å²) in [6.07, 6.45) is -5.57. The third-order valence-electron chi connectivity index (χ3n) is 10.5. The number of carbonyl (C=O) groups is 5. The zero-order valence-electron chi connectivity index (χ0n) is 28.5. The normalized spacial score (nSPS) is 31.3. The van der Waals surface area contributed by atoms with Crippen LogP contribution in [0, 0.1) is 12.8 Å². The van der Waals surface area contributed by atoms with E-state index in [0.29, 0.717) is 0 Å². The van der Waals surface area contributed by atoms with E-state index >= 15 is 0 Å². The van der Waals surface area contributed by atoms with Crippen LogP contribution in [0.15, 0.2) is 23.9 Å². The minimum absolute atomic E-state index is 0.0217. The Bertz CT molecular complexity index is 1950. The molecule has 1 fully saturated rings. The average molecular weight is 711 g/mol. The van der Waals surface area contributed by atoms with Crippen molar-refractivity contribution in [3.8, 4) is 11.5 Å². The van der Waals surface area contributed by atoms with Gasteiger partial charge in [-0.05, 0) is 31.0 Å². The van der Waals surface area contributed by atoms with Crippen molar-refractivity contribution >= 4 is 29.0 Å². The average Bonchev–Trinajstić information content (AvgIpc) is 3.05. The number of hydrogen-bond donors (Lipinski definition) is 7. The van der Waals surface area contributed by atoms with Crippen LogP contribution in [0.5, 0.6) is 11.5 Å². The lowest BCUT2D eigenvalue weighted by atomic mass is 9.56. The van der Waals surface area contributed by atoms with E-state index in [1.165, 1.54) is 34.2 Å². The number of rotatable bonds is 6. The maximum absolute atomic E-state index is 14.7. The first-order chi connectivity index (χ1) is 23.9. The van der Waals surface area contributed by atoms with Gasteiger partial charge in [0.25, 0.3) is 5.91 Å². The fraction of sp³-hybridized carbons (Fsp3) is 0.457. The number of phenols is 2. The summed E-state index contributed by atoms with van der Waals surface area (Å²) in [5.74, 6) is -8.31. The number of benzene rings is 2. The second-order valence-electron chi connectivity index (χ2n) is 13.4. The molecule has 51 heavy (non-hydrogen) atoms. The monoisotopic (exact) mass is 710 g/mol. The summed E-state index contributed by atoms with van der Waals surface area (Å²) in [7, 11) is 5.10. The molecule has 0 unspecified atom stereocenters. The molecule has 0 bridgehead atoms. The van der Waals surface area contributed by atoms with Gasteiger partial charge in [-0.15, -0.1) is 0 Å². The smallest absolute Gasteiger partial charge is 0.257 e. The third-order valence-corrected chi connectivity index (χ3v) is 10.5. The molecule has 1 saturated heterocycles. The maximum Gasteiger partial charge on any atom is 0.257 e. The van der Waals surface area contributed by atoms with Gasteiger partial charge in [0.05, 0.1) is 53.2 Å². The van der Waals surface area contributed by atoms with Crippen LogP contribution in [0.25, 0.3) is 0 Å². The molecular formula is C35H38N2O14. The van der Waals surface area contributed by atoms with E-state index in [1.807, 2.05) is 0 Å². The SMILES string of the molecule is CO[C@@H]1[C@@H](O)[C@@H](CO)[C@@H](NC2=CC(=O)c3c(cc4c(c3O)C(=O)[C@]3(OC)[C@H](O)Cc5cc(C)c(C(=O)N(C)C)c(O)c5[C@]3(O)C4=O)C2=O)O[C@H]1C. The molecule has 2 aromatic rings. The van der Waals surface area contributed by atoms with Gasteiger partial charge < -0.3 is 55.1 Å². The number of aliphatic hydroxyl groups excluding tert-OH is 3. The fourth-order valence-corrected chi connectivity index (χ4v) is 8.03. The highest BCUT2D eigenvalue weighted by atomic mass is 16.6. The number of aromatic hydroxyl groups is 2. The second-order valence-corrected chi connectivity index (χ2v) is 13.4. The summed E-state index contributed by atoms with van der Waals surface area (Å²) in [5, 5.41) is 70.6. The highest BCUT2D eigenvalue weighted by Gasteiger charge is 2.72. The quantitative estimate of drug-likeness (QED) is 0.195. The molecule has 0 saturated carbocycles. The number of hydrogen-bond acceptors (Lipinski definition) is 15. The van der Waals surface area contributed by atoms with Gasteiger partial charge >= 0.3 is 0 Å². The first-order valence-electron chi connectivity index (χ1n) is 16.0.